The van der Waals surface area contributed by atoms with Crippen molar-refractivity contribution in [1.29, 1.82) is 0 Å². The molecule has 0 aliphatic carbocycles. The monoisotopic (exact) mass is 246 g/mol. The fourth-order valence-corrected chi connectivity index (χ4v) is 1.43. The SMILES string of the molecule is COc1cc(Br)c(C)c(O)c1OC. The lowest BCUT2D eigenvalue weighted by atomic mass is 10.2. The molecule has 13 heavy (non-hydrogen) atoms. The zero-order chi connectivity index (χ0) is 10.0. The van der Waals surface area contributed by atoms with E-state index in [1.807, 2.05) is 0 Å². The molecule has 1 aromatic carbocycles. The average Bonchev–Trinajstić information content (AvgIpc) is 2.13. The molecule has 0 saturated carbocycles. The number of phenolic OH excluding ortho intramolecular Hbond substituents is 1. The van der Waals surface area contributed by atoms with E-state index in [1.165, 1.54) is 14.2 Å². The maximum absolute atomic E-state index is 9.66. The summed E-state index contributed by atoms with van der Waals surface area (Å²) in [6, 6.07) is 1.76. The lowest BCUT2D eigenvalue weighted by Gasteiger charge is -2.12. The third-order valence-electron chi connectivity index (χ3n) is 1.83. The molecular weight excluding hydrogens is 236 g/mol. The number of benzene rings is 1. The number of halogens is 1. The first kappa shape index (κ1) is 10.2. The van der Waals surface area contributed by atoms with Crippen LogP contribution < -0.4 is 9.47 Å². The standard InChI is InChI=1S/C9H11BrO3/c1-5-6(10)4-7(12-2)9(13-3)8(5)11/h4,11H,1-3H3. The molecule has 0 heterocycles. The smallest absolute Gasteiger partial charge is 0.203 e. The van der Waals surface area contributed by atoms with Crippen molar-refractivity contribution in [3.63, 3.8) is 0 Å². The third-order valence-corrected chi connectivity index (χ3v) is 2.66. The van der Waals surface area contributed by atoms with Gasteiger partial charge < -0.3 is 14.6 Å². The zero-order valence-electron chi connectivity index (χ0n) is 7.72. The first-order chi connectivity index (χ1) is 6.11. The van der Waals surface area contributed by atoms with E-state index in [9.17, 15) is 5.11 Å². The molecule has 4 heteroatoms. The molecule has 0 saturated heterocycles. The fraction of sp³-hybridized carbons (Fsp3) is 0.333. The topological polar surface area (TPSA) is 38.7 Å². The summed E-state index contributed by atoms with van der Waals surface area (Å²) in [6.45, 7) is 1.79. The van der Waals surface area contributed by atoms with Gasteiger partial charge in [0.15, 0.2) is 11.5 Å². The number of methoxy groups -OCH3 is 2. The van der Waals surface area contributed by atoms with Crippen molar-refractivity contribution in [3.05, 3.63) is 16.1 Å². The average molecular weight is 247 g/mol. The van der Waals surface area contributed by atoms with Gasteiger partial charge >= 0.3 is 0 Å². The highest BCUT2D eigenvalue weighted by molar-refractivity contribution is 9.10. The molecular formula is C9H11BrO3. The first-order valence-corrected chi connectivity index (χ1v) is 4.51. The molecule has 0 amide bonds. The van der Waals surface area contributed by atoms with Crippen molar-refractivity contribution in [2.75, 3.05) is 14.2 Å². The predicted molar refractivity (Wildman–Crippen MR) is 53.6 cm³/mol. The molecule has 0 atom stereocenters. The first-order valence-electron chi connectivity index (χ1n) is 3.71. The highest BCUT2D eigenvalue weighted by Crippen LogP contribution is 2.42. The van der Waals surface area contributed by atoms with Crippen LogP contribution in [0.25, 0.3) is 0 Å². The minimum Gasteiger partial charge on any atom is -0.504 e. The molecule has 72 valence electrons. The van der Waals surface area contributed by atoms with Crippen molar-refractivity contribution >= 4 is 15.9 Å². The van der Waals surface area contributed by atoms with Crippen LogP contribution in [-0.2, 0) is 0 Å². The molecule has 1 N–H and O–H groups in total. The maximum atomic E-state index is 9.66. The van der Waals surface area contributed by atoms with Gasteiger partial charge in [0.05, 0.1) is 14.2 Å². The summed E-state index contributed by atoms with van der Waals surface area (Å²) in [5.74, 6) is 0.981. The number of phenols is 1. The maximum Gasteiger partial charge on any atom is 0.203 e. The van der Waals surface area contributed by atoms with Crippen molar-refractivity contribution < 1.29 is 14.6 Å². The fourth-order valence-electron chi connectivity index (χ4n) is 1.04. The van der Waals surface area contributed by atoms with Crippen LogP contribution >= 0.6 is 15.9 Å². The minimum absolute atomic E-state index is 0.105. The van der Waals surface area contributed by atoms with E-state index in [0.29, 0.717) is 11.5 Å². The van der Waals surface area contributed by atoms with Gasteiger partial charge in [-0.15, -0.1) is 0 Å². The summed E-state index contributed by atoms with van der Waals surface area (Å²) in [5, 5.41) is 9.66. The molecule has 3 nitrogen and oxygen atoms in total. The summed E-state index contributed by atoms with van der Waals surface area (Å²) in [7, 11) is 3.02. The third kappa shape index (κ3) is 1.72. The summed E-state index contributed by atoms with van der Waals surface area (Å²) < 4.78 is 10.8. The van der Waals surface area contributed by atoms with Gasteiger partial charge in [0.1, 0.15) is 0 Å². The number of rotatable bonds is 2. The van der Waals surface area contributed by atoms with Crippen LogP contribution in [0, 0.1) is 6.92 Å². The number of hydrogen-bond donors (Lipinski definition) is 1. The highest BCUT2D eigenvalue weighted by Gasteiger charge is 2.14. The van der Waals surface area contributed by atoms with E-state index in [2.05, 4.69) is 15.9 Å². The second-order valence-corrected chi connectivity index (χ2v) is 3.42. The van der Waals surface area contributed by atoms with Crippen LogP contribution in [0.5, 0.6) is 17.2 Å². The Bertz CT molecular complexity index is 323. The molecule has 0 aliphatic heterocycles. The number of aromatic hydroxyl groups is 1. The Morgan fingerprint density at radius 2 is 1.92 bits per heavy atom. The van der Waals surface area contributed by atoms with Crippen molar-refractivity contribution in [2.45, 2.75) is 6.92 Å². The summed E-state index contributed by atoms with van der Waals surface area (Å²) in [6.07, 6.45) is 0. The Morgan fingerprint density at radius 1 is 1.31 bits per heavy atom. The summed E-state index contributed by atoms with van der Waals surface area (Å²) in [4.78, 5) is 0. The summed E-state index contributed by atoms with van der Waals surface area (Å²) in [5.41, 5.74) is 0.734. The summed E-state index contributed by atoms with van der Waals surface area (Å²) >= 11 is 3.31. The van der Waals surface area contributed by atoms with Crippen LogP contribution in [0.15, 0.2) is 10.5 Å². The Balaban J connectivity index is 3.39. The predicted octanol–water partition coefficient (Wildman–Crippen LogP) is 2.48. The normalized spacial score (nSPS) is 9.85. The molecule has 1 rings (SSSR count). The molecule has 0 unspecified atom stereocenters. The number of hydrogen-bond acceptors (Lipinski definition) is 3. The van der Waals surface area contributed by atoms with Gasteiger partial charge in [-0.05, 0) is 13.0 Å². The highest BCUT2D eigenvalue weighted by atomic mass is 79.9. The minimum atomic E-state index is 0.105. The van der Waals surface area contributed by atoms with Gasteiger partial charge in [-0.2, -0.15) is 0 Å². The van der Waals surface area contributed by atoms with Crippen molar-refractivity contribution in [3.8, 4) is 17.2 Å². The lowest BCUT2D eigenvalue weighted by Crippen LogP contribution is -1.92. The second-order valence-electron chi connectivity index (χ2n) is 2.57. The van der Waals surface area contributed by atoms with Gasteiger partial charge in [0, 0.05) is 10.0 Å². The molecule has 0 radical (unpaired) electrons. The van der Waals surface area contributed by atoms with Crippen LogP contribution in [0.4, 0.5) is 0 Å². The van der Waals surface area contributed by atoms with E-state index < -0.39 is 0 Å². The molecule has 0 spiro atoms. The van der Waals surface area contributed by atoms with E-state index in [1.54, 1.807) is 13.0 Å². The lowest BCUT2D eigenvalue weighted by molar-refractivity contribution is 0.331. The van der Waals surface area contributed by atoms with Crippen molar-refractivity contribution in [1.82, 2.24) is 0 Å². The van der Waals surface area contributed by atoms with Crippen LogP contribution in [0.1, 0.15) is 5.56 Å². The Labute approximate surface area is 85.4 Å². The van der Waals surface area contributed by atoms with Crippen LogP contribution in [-0.4, -0.2) is 19.3 Å². The number of ether oxygens (including phenoxy) is 2. The van der Waals surface area contributed by atoms with Crippen LogP contribution in [0.2, 0.25) is 0 Å². The molecule has 0 aliphatic rings. The Hall–Kier alpha value is -0.900. The van der Waals surface area contributed by atoms with E-state index in [4.69, 9.17) is 9.47 Å². The van der Waals surface area contributed by atoms with Gasteiger partial charge in [0.2, 0.25) is 5.75 Å². The quantitative estimate of drug-likeness (QED) is 0.872. The van der Waals surface area contributed by atoms with E-state index in [-0.39, 0.29) is 5.75 Å². The van der Waals surface area contributed by atoms with Crippen LogP contribution in [0.3, 0.4) is 0 Å². The molecule has 0 bridgehead atoms. The van der Waals surface area contributed by atoms with Gasteiger partial charge in [-0.3, -0.25) is 0 Å². The molecule has 0 fully saturated rings. The van der Waals surface area contributed by atoms with Gasteiger partial charge in [-0.25, -0.2) is 0 Å². The Kier molecular flexibility index (Phi) is 3.03. The Morgan fingerprint density at radius 3 is 2.38 bits per heavy atom. The molecule has 1 aromatic rings. The molecule has 0 aromatic heterocycles. The van der Waals surface area contributed by atoms with E-state index in [0.717, 1.165) is 10.0 Å². The van der Waals surface area contributed by atoms with E-state index >= 15 is 0 Å². The van der Waals surface area contributed by atoms with Gasteiger partial charge in [0.25, 0.3) is 0 Å². The largest absolute Gasteiger partial charge is 0.504 e. The second kappa shape index (κ2) is 3.87. The zero-order valence-corrected chi connectivity index (χ0v) is 9.31. The van der Waals surface area contributed by atoms with Crippen molar-refractivity contribution in [2.24, 2.45) is 0 Å². The van der Waals surface area contributed by atoms with Gasteiger partial charge in [-0.1, -0.05) is 15.9 Å².